The van der Waals surface area contributed by atoms with E-state index in [1.54, 1.807) is 12.1 Å². The molecule has 2 aromatic carbocycles. The van der Waals surface area contributed by atoms with Crippen LogP contribution in [0.4, 0.5) is 11.4 Å². The summed E-state index contributed by atoms with van der Waals surface area (Å²) in [5.41, 5.74) is 2.42. The van der Waals surface area contributed by atoms with Crippen LogP contribution in [0.3, 0.4) is 0 Å². The Balaban J connectivity index is 1.53. The number of anilines is 2. The van der Waals surface area contributed by atoms with Gasteiger partial charge in [0.1, 0.15) is 0 Å². The molecule has 0 bridgehead atoms. The van der Waals surface area contributed by atoms with E-state index in [-0.39, 0.29) is 35.6 Å². The molecule has 3 rings (SSSR count). The Morgan fingerprint density at radius 2 is 1.50 bits per heavy atom. The number of imide groups is 1. The quantitative estimate of drug-likeness (QED) is 0.604. The first-order chi connectivity index (χ1) is 14.1. The lowest BCUT2D eigenvalue weighted by Gasteiger charge is -2.19. The number of nitrogens with zero attached hydrogens (tertiary/aromatic N) is 1. The highest BCUT2D eigenvalue weighted by molar-refractivity contribution is 6.19. The van der Waals surface area contributed by atoms with Crippen molar-refractivity contribution in [3.05, 3.63) is 59.7 Å². The van der Waals surface area contributed by atoms with Gasteiger partial charge in [-0.05, 0) is 47.4 Å². The van der Waals surface area contributed by atoms with E-state index >= 15 is 0 Å². The first kappa shape index (κ1) is 21.2. The lowest BCUT2D eigenvalue weighted by Crippen LogP contribution is -2.28. The van der Waals surface area contributed by atoms with Crippen molar-refractivity contribution in [1.82, 2.24) is 0 Å². The van der Waals surface area contributed by atoms with Crippen LogP contribution in [0.25, 0.3) is 0 Å². The first-order valence-corrected chi connectivity index (χ1v) is 9.68. The average Bonchev–Trinajstić information content (AvgIpc) is 3.04. The summed E-state index contributed by atoms with van der Waals surface area (Å²) in [5, 5.41) is 2.69. The van der Waals surface area contributed by atoms with Crippen LogP contribution in [0.1, 0.15) is 49.5 Å². The van der Waals surface area contributed by atoms with E-state index in [9.17, 15) is 19.2 Å². The largest absolute Gasteiger partial charge is 0.452 e. The van der Waals surface area contributed by atoms with E-state index in [0.717, 1.165) is 10.5 Å². The molecule has 1 fully saturated rings. The normalized spacial score (nSPS) is 14.0. The number of ether oxygens (including phenoxy) is 1. The van der Waals surface area contributed by atoms with Gasteiger partial charge in [0, 0.05) is 18.5 Å². The van der Waals surface area contributed by atoms with E-state index in [2.05, 4.69) is 26.1 Å². The van der Waals surface area contributed by atoms with Gasteiger partial charge in [-0.25, -0.2) is 4.79 Å². The van der Waals surface area contributed by atoms with E-state index in [4.69, 9.17) is 4.74 Å². The topological polar surface area (TPSA) is 92.8 Å². The molecule has 1 aliphatic rings. The molecule has 30 heavy (non-hydrogen) atoms. The zero-order valence-corrected chi connectivity index (χ0v) is 17.2. The summed E-state index contributed by atoms with van der Waals surface area (Å²) >= 11 is 0. The van der Waals surface area contributed by atoms with Crippen molar-refractivity contribution in [3.63, 3.8) is 0 Å². The third-order valence-electron chi connectivity index (χ3n) is 4.78. The van der Waals surface area contributed by atoms with Gasteiger partial charge in [0.15, 0.2) is 6.61 Å². The van der Waals surface area contributed by atoms with Crippen LogP contribution in [0.15, 0.2) is 48.5 Å². The molecule has 1 heterocycles. The van der Waals surface area contributed by atoms with Crippen LogP contribution in [-0.2, 0) is 24.5 Å². The number of hydrogen-bond acceptors (Lipinski definition) is 5. The number of rotatable bonds is 5. The highest BCUT2D eigenvalue weighted by Gasteiger charge is 2.30. The van der Waals surface area contributed by atoms with Gasteiger partial charge in [0.25, 0.3) is 5.91 Å². The summed E-state index contributed by atoms with van der Waals surface area (Å²) in [6, 6.07) is 13.4. The molecule has 1 aliphatic heterocycles. The summed E-state index contributed by atoms with van der Waals surface area (Å²) in [6.45, 7) is 5.89. The third-order valence-corrected chi connectivity index (χ3v) is 4.78. The Hall–Kier alpha value is -3.48. The Kier molecular flexibility index (Phi) is 6.01. The molecule has 0 aliphatic carbocycles. The SMILES string of the molecule is CC(C)(C)c1ccc(NC(=O)COC(=O)c2ccc(N3C(=O)CCC3=O)cc2)cc1. The van der Waals surface area contributed by atoms with Gasteiger partial charge in [0.2, 0.25) is 11.8 Å². The summed E-state index contributed by atoms with van der Waals surface area (Å²) < 4.78 is 5.05. The van der Waals surface area contributed by atoms with Gasteiger partial charge in [-0.15, -0.1) is 0 Å². The van der Waals surface area contributed by atoms with Crippen molar-refractivity contribution in [3.8, 4) is 0 Å². The molecular weight excluding hydrogens is 384 g/mol. The van der Waals surface area contributed by atoms with E-state index < -0.39 is 18.5 Å². The van der Waals surface area contributed by atoms with E-state index in [0.29, 0.717) is 11.4 Å². The summed E-state index contributed by atoms with van der Waals surface area (Å²) in [4.78, 5) is 48.9. The van der Waals surface area contributed by atoms with Crippen molar-refractivity contribution in [2.75, 3.05) is 16.8 Å². The molecular formula is C23H24N2O5. The lowest BCUT2D eigenvalue weighted by atomic mass is 9.87. The number of carbonyl (C=O) groups excluding carboxylic acids is 4. The van der Waals surface area contributed by atoms with Crippen LogP contribution in [-0.4, -0.2) is 30.3 Å². The molecule has 2 aromatic rings. The second-order valence-corrected chi connectivity index (χ2v) is 8.12. The molecule has 0 radical (unpaired) electrons. The minimum Gasteiger partial charge on any atom is -0.452 e. The monoisotopic (exact) mass is 408 g/mol. The molecule has 7 nitrogen and oxygen atoms in total. The fourth-order valence-electron chi connectivity index (χ4n) is 3.08. The predicted molar refractivity (Wildman–Crippen MR) is 112 cm³/mol. The number of carbonyl (C=O) groups is 4. The molecule has 0 saturated carbocycles. The highest BCUT2D eigenvalue weighted by atomic mass is 16.5. The predicted octanol–water partition coefficient (Wildman–Crippen LogP) is 3.43. The van der Waals surface area contributed by atoms with Gasteiger partial charge >= 0.3 is 5.97 Å². The summed E-state index contributed by atoms with van der Waals surface area (Å²) in [6.07, 6.45) is 0.382. The smallest absolute Gasteiger partial charge is 0.338 e. The minimum atomic E-state index is -0.668. The Morgan fingerprint density at radius 3 is 2.03 bits per heavy atom. The molecule has 156 valence electrons. The maximum atomic E-state index is 12.2. The highest BCUT2D eigenvalue weighted by Crippen LogP contribution is 2.24. The van der Waals surface area contributed by atoms with Gasteiger partial charge in [-0.1, -0.05) is 32.9 Å². The molecule has 0 unspecified atom stereocenters. The molecule has 0 aromatic heterocycles. The molecule has 1 N–H and O–H groups in total. The van der Waals surface area contributed by atoms with Crippen molar-refractivity contribution >= 4 is 35.1 Å². The van der Waals surface area contributed by atoms with Crippen molar-refractivity contribution in [2.24, 2.45) is 0 Å². The first-order valence-electron chi connectivity index (χ1n) is 9.68. The Bertz CT molecular complexity index is 956. The lowest BCUT2D eigenvalue weighted by molar-refractivity contribution is -0.121. The standard InChI is InChI=1S/C23H24N2O5/c1-23(2,3)16-6-8-17(9-7-16)24-19(26)14-30-22(29)15-4-10-18(11-5-15)25-20(27)12-13-21(25)28/h4-11H,12-14H2,1-3H3,(H,24,26). The van der Waals surface area contributed by atoms with Crippen LogP contribution >= 0.6 is 0 Å². The number of esters is 1. The molecule has 7 heteroatoms. The molecule has 0 spiro atoms. The van der Waals surface area contributed by atoms with Gasteiger partial charge in [-0.3, -0.25) is 19.3 Å². The Morgan fingerprint density at radius 1 is 0.933 bits per heavy atom. The zero-order valence-electron chi connectivity index (χ0n) is 17.2. The van der Waals surface area contributed by atoms with Crippen molar-refractivity contribution in [1.29, 1.82) is 0 Å². The second kappa shape index (κ2) is 8.49. The fourth-order valence-corrected chi connectivity index (χ4v) is 3.08. The van der Waals surface area contributed by atoms with Crippen LogP contribution in [0.2, 0.25) is 0 Å². The molecule has 3 amide bonds. The van der Waals surface area contributed by atoms with Crippen LogP contribution in [0, 0.1) is 0 Å². The zero-order chi connectivity index (χ0) is 21.9. The third kappa shape index (κ3) is 4.92. The number of amides is 3. The maximum Gasteiger partial charge on any atom is 0.338 e. The number of benzene rings is 2. The summed E-state index contributed by atoms with van der Waals surface area (Å²) in [5.74, 6) is -1.64. The van der Waals surface area contributed by atoms with Crippen molar-refractivity contribution < 1.29 is 23.9 Å². The molecule has 1 saturated heterocycles. The van der Waals surface area contributed by atoms with E-state index in [1.807, 2.05) is 12.1 Å². The minimum absolute atomic E-state index is 0.0168. The van der Waals surface area contributed by atoms with Crippen LogP contribution < -0.4 is 10.2 Å². The second-order valence-electron chi connectivity index (χ2n) is 8.12. The van der Waals surface area contributed by atoms with Gasteiger partial charge in [-0.2, -0.15) is 0 Å². The molecule has 0 atom stereocenters. The fraction of sp³-hybridized carbons (Fsp3) is 0.304. The number of nitrogens with one attached hydrogen (secondary N) is 1. The maximum absolute atomic E-state index is 12.2. The van der Waals surface area contributed by atoms with Gasteiger partial charge in [0.05, 0.1) is 11.3 Å². The van der Waals surface area contributed by atoms with E-state index in [1.165, 1.54) is 24.3 Å². The summed E-state index contributed by atoms with van der Waals surface area (Å²) in [7, 11) is 0. The van der Waals surface area contributed by atoms with Gasteiger partial charge < -0.3 is 10.1 Å². The Labute approximate surface area is 175 Å². The number of hydrogen-bond donors (Lipinski definition) is 1. The van der Waals surface area contributed by atoms with Crippen LogP contribution in [0.5, 0.6) is 0 Å². The van der Waals surface area contributed by atoms with Crippen molar-refractivity contribution in [2.45, 2.75) is 39.0 Å². The average molecular weight is 408 g/mol.